The molecule has 0 nitrogen and oxygen atoms in total. The van der Waals surface area contributed by atoms with Gasteiger partial charge in [0.1, 0.15) is 0 Å². The van der Waals surface area contributed by atoms with Gasteiger partial charge in [0, 0.05) is 0 Å². The number of allylic oxidation sites excluding steroid dienone is 1. The normalized spacial score (nSPS) is 50.4. The molecule has 21 heavy (non-hydrogen) atoms. The van der Waals surface area contributed by atoms with Crippen molar-refractivity contribution in [3.8, 4) is 0 Å². The topological polar surface area (TPSA) is 0 Å². The molecule has 0 spiro atoms. The van der Waals surface area contributed by atoms with Crippen LogP contribution in [0.25, 0.3) is 0 Å². The molecule has 7 atom stereocenters. The third-order valence-corrected chi connectivity index (χ3v) is 7.80. The summed E-state index contributed by atoms with van der Waals surface area (Å²) in [6.45, 7) is 14.6. The summed E-state index contributed by atoms with van der Waals surface area (Å²) >= 11 is 0. The first-order chi connectivity index (χ1) is 10.00. The third-order valence-electron chi connectivity index (χ3n) is 7.80. The van der Waals surface area contributed by atoms with Crippen LogP contribution in [0.4, 0.5) is 0 Å². The molecule has 120 valence electrons. The lowest BCUT2D eigenvalue weighted by Gasteiger charge is -2.55. The summed E-state index contributed by atoms with van der Waals surface area (Å²) in [4.78, 5) is 0. The molecule has 0 amide bonds. The van der Waals surface area contributed by atoms with Gasteiger partial charge >= 0.3 is 0 Å². The van der Waals surface area contributed by atoms with E-state index in [-0.39, 0.29) is 0 Å². The smallest absolute Gasteiger partial charge is 0.0177 e. The van der Waals surface area contributed by atoms with Crippen LogP contribution in [-0.4, -0.2) is 0 Å². The third kappa shape index (κ3) is 2.51. The van der Waals surface area contributed by atoms with Crippen LogP contribution in [0.15, 0.2) is 12.2 Å². The Morgan fingerprint density at radius 2 is 2.00 bits per heavy atom. The number of hydrogen-bond acceptors (Lipinski definition) is 0. The summed E-state index contributed by atoms with van der Waals surface area (Å²) < 4.78 is 0. The van der Waals surface area contributed by atoms with Crippen molar-refractivity contribution in [3.05, 3.63) is 12.2 Å². The Morgan fingerprint density at radius 3 is 2.67 bits per heavy atom. The van der Waals surface area contributed by atoms with E-state index >= 15 is 0 Å². The SMILES string of the molecule is C=C1CC2CC(C)C(CC)CC3(C)CCCC(C23)[C@H]1CC. The quantitative estimate of drug-likeness (QED) is 0.511. The van der Waals surface area contributed by atoms with Gasteiger partial charge < -0.3 is 0 Å². The van der Waals surface area contributed by atoms with E-state index in [9.17, 15) is 0 Å². The van der Waals surface area contributed by atoms with E-state index in [1.54, 1.807) is 5.57 Å². The van der Waals surface area contributed by atoms with Crippen molar-refractivity contribution in [1.29, 1.82) is 0 Å². The lowest BCUT2D eigenvalue weighted by molar-refractivity contribution is -0.0304. The molecule has 0 saturated heterocycles. The molecule has 3 saturated carbocycles. The zero-order valence-electron chi connectivity index (χ0n) is 14.8. The second-order valence-corrected chi connectivity index (χ2v) is 8.96. The molecule has 3 aliphatic carbocycles. The Bertz CT molecular complexity index is 395. The Kier molecular flexibility index (Phi) is 4.27. The van der Waals surface area contributed by atoms with Crippen molar-refractivity contribution in [2.75, 3.05) is 0 Å². The molecule has 3 rings (SSSR count). The highest BCUT2D eigenvalue weighted by molar-refractivity contribution is 5.14. The Balaban J connectivity index is 1.97. The predicted molar refractivity (Wildman–Crippen MR) is 92.1 cm³/mol. The van der Waals surface area contributed by atoms with Crippen LogP contribution in [0.5, 0.6) is 0 Å². The first-order valence-electron chi connectivity index (χ1n) is 9.67. The molecule has 3 fully saturated rings. The zero-order chi connectivity index (χ0) is 15.2. The van der Waals surface area contributed by atoms with Crippen molar-refractivity contribution in [3.63, 3.8) is 0 Å². The second kappa shape index (κ2) is 5.74. The summed E-state index contributed by atoms with van der Waals surface area (Å²) in [6, 6.07) is 0. The fraction of sp³-hybridized carbons (Fsp3) is 0.905. The van der Waals surface area contributed by atoms with Gasteiger partial charge in [0.25, 0.3) is 0 Å². The second-order valence-electron chi connectivity index (χ2n) is 8.96. The van der Waals surface area contributed by atoms with Crippen LogP contribution in [0.2, 0.25) is 0 Å². The van der Waals surface area contributed by atoms with Gasteiger partial charge in [0.2, 0.25) is 0 Å². The van der Waals surface area contributed by atoms with Gasteiger partial charge in [-0.05, 0) is 79.4 Å². The highest BCUT2D eigenvalue weighted by Crippen LogP contribution is 2.62. The van der Waals surface area contributed by atoms with Gasteiger partial charge in [-0.3, -0.25) is 0 Å². The monoisotopic (exact) mass is 288 g/mol. The summed E-state index contributed by atoms with van der Waals surface area (Å²) in [5.41, 5.74) is 2.24. The summed E-state index contributed by atoms with van der Waals surface area (Å²) in [6.07, 6.45) is 11.5. The summed E-state index contributed by atoms with van der Waals surface area (Å²) in [5, 5.41) is 0. The van der Waals surface area contributed by atoms with Crippen molar-refractivity contribution >= 4 is 0 Å². The van der Waals surface area contributed by atoms with Crippen molar-refractivity contribution in [2.24, 2.45) is 40.9 Å². The molecule has 0 aromatic heterocycles. The number of rotatable bonds is 2. The van der Waals surface area contributed by atoms with Gasteiger partial charge in [-0.25, -0.2) is 0 Å². The minimum absolute atomic E-state index is 0.632. The van der Waals surface area contributed by atoms with Gasteiger partial charge in [0.05, 0.1) is 0 Å². The van der Waals surface area contributed by atoms with Crippen LogP contribution >= 0.6 is 0 Å². The van der Waals surface area contributed by atoms with Gasteiger partial charge in [-0.2, -0.15) is 0 Å². The van der Waals surface area contributed by atoms with Crippen LogP contribution in [-0.2, 0) is 0 Å². The van der Waals surface area contributed by atoms with Gasteiger partial charge in [0.15, 0.2) is 0 Å². The highest BCUT2D eigenvalue weighted by Gasteiger charge is 2.53. The lowest BCUT2D eigenvalue weighted by Crippen LogP contribution is -2.47. The molecule has 6 unspecified atom stereocenters. The maximum atomic E-state index is 4.52. The first-order valence-corrected chi connectivity index (χ1v) is 9.67. The van der Waals surface area contributed by atoms with E-state index in [1.807, 2.05) is 0 Å². The van der Waals surface area contributed by atoms with E-state index in [1.165, 1.54) is 51.4 Å². The van der Waals surface area contributed by atoms with Crippen LogP contribution in [0, 0.1) is 40.9 Å². The molecule has 0 heterocycles. The molecular formula is C21H36. The lowest BCUT2D eigenvalue weighted by atomic mass is 9.50. The average molecular weight is 289 g/mol. The van der Waals surface area contributed by atoms with Crippen LogP contribution in [0.3, 0.4) is 0 Å². The fourth-order valence-electron chi connectivity index (χ4n) is 6.97. The van der Waals surface area contributed by atoms with Gasteiger partial charge in [-0.15, -0.1) is 0 Å². The highest BCUT2D eigenvalue weighted by atomic mass is 14.6. The van der Waals surface area contributed by atoms with E-state index in [4.69, 9.17) is 0 Å². The van der Waals surface area contributed by atoms with Gasteiger partial charge in [-0.1, -0.05) is 52.7 Å². The Morgan fingerprint density at radius 1 is 1.24 bits per heavy atom. The predicted octanol–water partition coefficient (Wildman–Crippen LogP) is 6.47. The van der Waals surface area contributed by atoms with Crippen molar-refractivity contribution < 1.29 is 0 Å². The van der Waals surface area contributed by atoms with Crippen LogP contribution in [0.1, 0.15) is 79.1 Å². The standard InChI is InChI=1S/C21H36/c1-6-16-13-21(5)10-8-9-19-18(7-2)15(4)12-17(20(19)21)11-14(16)3/h14,16-20H,4,6-13H2,1-3,5H3/t14?,16?,17?,18-,19?,20?,21?/m0/s1. The average Bonchev–Trinajstić information content (AvgIpc) is 2.54. The molecule has 0 radical (unpaired) electrons. The largest absolute Gasteiger partial charge is 0.0996 e. The fourth-order valence-corrected chi connectivity index (χ4v) is 6.97. The minimum atomic E-state index is 0.632. The molecule has 0 aliphatic heterocycles. The molecule has 0 aromatic carbocycles. The van der Waals surface area contributed by atoms with E-state index in [2.05, 4.69) is 34.3 Å². The molecule has 0 heteroatoms. The molecule has 3 aliphatic rings. The van der Waals surface area contributed by atoms with E-state index < -0.39 is 0 Å². The zero-order valence-corrected chi connectivity index (χ0v) is 14.8. The molecule has 0 aromatic rings. The van der Waals surface area contributed by atoms with Crippen molar-refractivity contribution in [2.45, 2.75) is 79.1 Å². The van der Waals surface area contributed by atoms with Crippen LogP contribution < -0.4 is 0 Å². The maximum absolute atomic E-state index is 4.52. The summed E-state index contributed by atoms with van der Waals surface area (Å²) in [5.74, 6) is 5.63. The minimum Gasteiger partial charge on any atom is -0.0996 e. The molecule has 0 N–H and O–H groups in total. The Labute approximate surface area is 132 Å². The molecular weight excluding hydrogens is 252 g/mol. The Hall–Kier alpha value is -0.260. The first kappa shape index (κ1) is 15.6. The van der Waals surface area contributed by atoms with E-state index in [0.717, 1.165) is 35.5 Å². The van der Waals surface area contributed by atoms with Crippen molar-refractivity contribution in [1.82, 2.24) is 0 Å². The number of hydrogen-bond donors (Lipinski definition) is 0. The maximum Gasteiger partial charge on any atom is -0.0177 e. The molecule has 0 bridgehead atoms. The summed E-state index contributed by atoms with van der Waals surface area (Å²) in [7, 11) is 0. The van der Waals surface area contributed by atoms with E-state index in [0.29, 0.717) is 5.41 Å².